The number of rotatable bonds is 5. The van der Waals surface area contributed by atoms with Gasteiger partial charge in [-0.05, 0) is 24.6 Å². The molecule has 0 aliphatic carbocycles. The van der Waals surface area contributed by atoms with E-state index in [9.17, 15) is 0 Å². The van der Waals surface area contributed by atoms with E-state index in [2.05, 4.69) is 18.3 Å². The molecule has 1 aromatic carbocycles. The first-order chi connectivity index (χ1) is 7.71. The third-order valence-corrected chi connectivity index (χ3v) is 2.40. The molecule has 0 aliphatic rings. The Balaban J connectivity index is 2.82. The number of nitriles is 1. The molecule has 0 radical (unpaired) electrons. The summed E-state index contributed by atoms with van der Waals surface area (Å²) in [6.45, 7) is 2.69. The van der Waals surface area contributed by atoms with E-state index in [4.69, 9.17) is 15.7 Å². The Morgan fingerprint density at radius 3 is 2.88 bits per heavy atom. The normalized spacial score (nSPS) is 11.8. The quantitative estimate of drug-likeness (QED) is 0.743. The molecule has 0 fully saturated rings. The predicted octanol–water partition coefficient (Wildman–Crippen LogP) is 1.98. The summed E-state index contributed by atoms with van der Waals surface area (Å²) in [6.07, 6.45) is 0.935. The van der Waals surface area contributed by atoms with Crippen LogP contribution in [-0.4, -0.2) is 19.8 Å². The second-order valence-corrected chi connectivity index (χ2v) is 3.62. The number of nitrogens with one attached hydrogen (secondary N) is 1. The van der Waals surface area contributed by atoms with Gasteiger partial charge in [0.2, 0.25) is 0 Å². The zero-order valence-corrected chi connectivity index (χ0v) is 9.66. The molecular formula is C12H17N3O. The number of nitrogens with two attached hydrogens (primary N) is 1. The van der Waals surface area contributed by atoms with Crippen LogP contribution >= 0.6 is 0 Å². The molecule has 16 heavy (non-hydrogen) atoms. The number of hydrogen-bond donors (Lipinski definition) is 2. The van der Waals surface area contributed by atoms with Crippen LogP contribution in [-0.2, 0) is 4.74 Å². The Bertz CT molecular complexity index is 384. The molecule has 0 spiro atoms. The van der Waals surface area contributed by atoms with Gasteiger partial charge in [0.05, 0.1) is 29.6 Å². The van der Waals surface area contributed by atoms with Gasteiger partial charge in [-0.15, -0.1) is 0 Å². The van der Waals surface area contributed by atoms with Crippen molar-refractivity contribution in [2.24, 2.45) is 0 Å². The molecule has 1 atom stereocenters. The first kappa shape index (κ1) is 12.3. The van der Waals surface area contributed by atoms with E-state index < -0.39 is 0 Å². The Kier molecular flexibility index (Phi) is 4.62. The highest BCUT2D eigenvalue weighted by Gasteiger charge is 2.08. The largest absolute Gasteiger partial charge is 0.397 e. The Morgan fingerprint density at radius 1 is 1.56 bits per heavy atom. The summed E-state index contributed by atoms with van der Waals surface area (Å²) < 4.78 is 5.10. The minimum Gasteiger partial charge on any atom is -0.397 e. The fourth-order valence-electron chi connectivity index (χ4n) is 1.43. The minimum atomic E-state index is 0.209. The number of anilines is 2. The van der Waals surface area contributed by atoms with Crippen LogP contribution in [0.15, 0.2) is 18.2 Å². The molecule has 0 bridgehead atoms. The van der Waals surface area contributed by atoms with Crippen molar-refractivity contribution in [3.8, 4) is 6.07 Å². The molecule has 0 saturated carbocycles. The summed E-state index contributed by atoms with van der Waals surface area (Å²) >= 11 is 0. The molecule has 1 rings (SSSR count). The number of nitrogens with zero attached hydrogens (tertiary/aromatic N) is 1. The van der Waals surface area contributed by atoms with Gasteiger partial charge < -0.3 is 15.8 Å². The van der Waals surface area contributed by atoms with Crippen LogP contribution in [0.4, 0.5) is 11.4 Å². The van der Waals surface area contributed by atoms with Gasteiger partial charge >= 0.3 is 0 Å². The van der Waals surface area contributed by atoms with Crippen LogP contribution in [0.2, 0.25) is 0 Å². The summed E-state index contributed by atoms with van der Waals surface area (Å²) in [4.78, 5) is 0. The maximum absolute atomic E-state index is 8.80. The van der Waals surface area contributed by atoms with Crippen LogP contribution < -0.4 is 11.1 Å². The first-order valence-electron chi connectivity index (χ1n) is 5.26. The highest BCUT2D eigenvalue weighted by molar-refractivity contribution is 5.68. The average Bonchev–Trinajstić information content (AvgIpc) is 2.31. The van der Waals surface area contributed by atoms with Crippen LogP contribution in [0.25, 0.3) is 0 Å². The van der Waals surface area contributed by atoms with Crippen LogP contribution in [0.5, 0.6) is 0 Å². The molecule has 0 aromatic heterocycles. The van der Waals surface area contributed by atoms with Gasteiger partial charge in [0.15, 0.2) is 0 Å². The molecule has 1 aromatic rings. The van der Waals surface area contributed by atoms with Crippen molar-refractivity contribution < 1.29 is 4.74 Å². The summed E-state index contributed by atoms with van der Waals surface area (Å²) in [5, 5.41) is 12.1. The predicted molar refractivity (Wildman–Crippen MR) is 65.1 cm³/mol. The van der Waals surface area contributed by atoms with Gasteiger partial charge in [-0.1, -0.05) is 6.92 Å². The zero-order valence-electron chi connectivity index (χ0n) is 9.66. The molecular weight excluding hydrogens is 202 g/mol. The van der Waals surface area contributed by atoms with E-state index in [0.717, 1.165) is 12.1 Å². The smallest absolute Gasteiger partial charge is 0.0992 e. The third-order valence-electron chi connectivity index (χ3n) is 2.40. The van der Waals surface area contributed by atoms with E-state index in [1.165, 1.54) is 0 Å². The van der Waals surface area contributed by atoms with Crippen LogP contribution in [0, 0.1) is 11.3 Å². The molecule has 0 aliphatic heterocycles. The summed E-state index contributed by atoms with van der Waals surface area (Å²) in [6, 6.07) is 7.50. The van der Waals surface area contributed by atoms with Gasteiger partial charge in [0.25, 0.3) is 0 Å². The lowest BCUT2D eigenvalue weighted by Crippen LogP contribution is -2.24. The van der Waals surface area contributed by atoms with Crippen molar-refractivity contribution in [2.45, 2.75) is 19.4 Å². The van der Waals surface area contributed by atoms with E-state index in [0.29, 0.717) is 17.9 Å². The van der Waals surface area contributed by atoms with Crippen molar-refractivity contribution in [1.82, 2.24) is 0 Å². The lowest BCUT2D eigenvalue weighted by atomic mass is 10.1. The van der Waals surface area contributed by atoms with Crippen molar-refractivity contribution in [3.63, 3.8) is 0 Å². The summed E-state index contributed by atoms with van der Waals surface area (Å²) in [5.74, 6) is 0. The maximum Gasteiger partial charge on any atom is 0.0992 e. The van der Waals surface area contributed by atoms with E-state index >= 15 is 0 Å². The molecule has 3 N–H and O–H groups in total. The molecule has 0 amide bonds. The number of benzene rings is 1. The van der Waals surface area contributed by atoms with Gasteiger partial charge in [-0.3, -0.25) is 0 Å². The van der Waals surface area contributed by atoms with Gasteiger partial charge in [-0.2, -0.15) is 5.26 Å². The molecule has 86 valence electrons. The number of methoxy groups -OCH3 is 1. The van der Waals surface area contributed by atoms with Gasteiger partial charge in [-0.25, -0.2) is 0 Å². The fraction of sp³-hybridized carbons (Fsp3) is 0.417. The van der Waals surface area contributed by atoms with E-state index in [1.54, 1.807) is 25.3 Å². The van der Waals surface area contributed by atoms with Gasteiger partial charge in [0, 0.05) is 13.2 Å². The van der Waals surface area contributed by atoms with Crippen molar-refractivity contribution in [2.75, 3.05) is 24.8 Å². The van der Waals surface area contributed by atoms with E-state index in [-0.39, 0.29) is 6.04 Å². The zero-order chi connectivity index (χ0) is 12.0. The molecule has 0 saturated heterocycles. The Hall–Kier alpha value is -1.73. The second kappa shape index (κ2) is 5.99. The first-order valence-corrected chi connectivity index (χ1v) is 5.26. The second-order valence-electron chi connectivity index (χ2n) is 3.62. The highest BCUT2D eigenvalue weighted by Crippen LogP contribution is 2.21. The Labute approximate surface area is 96.0 Å². The third kappa shape index (κ3) is 3.14. The topological polar surface area (TPSA) is 71.1 Å². The SMILES string of the molecule is CCC(COC)Nc1cc(C#N)ccc1N. The molecule has 4 heteroatoms. The summed E-state index contributed by atoms with van der Waals surface area (Å²) in [5.41, 5.74) is 7.87. The van der Waals surface area contributed by atoms with Crippen molar-refractivity contribution in [3.05, 3.63) is 23.8 Å². The van der Waals surface area contributed by atoms with Crippen molar-refractivity contribution in [1.29, 1.82) is 5.26 Å². The summed E-state index contributed by atoms with van der Waals surface area (Å²) in [7, 11) is 1.67. The molecule has 0 heterocycles. The fourth-order valence-corrected chi connectivity index (χ4v) is 1.43. The molecule has 4 nitrogen and oxygen atoms in total. The average molecular weight is 219 g/mol. The van der Waals surface area contributed by atoms with Crippen LogP contribution in [0.1, 0.15) is 18.9 Å². The highest BCUT2D eigenvalue weighted by atomic mass is 16.5. The lowest BCUT2D eigenvalue weighted by molar-refractivity contribution is 0.184. The minimum absolute atomic E-state index is 0.209. The van der Waals surface area contributed by atoms with Crippen LogP contribution in [0.3, 0.4) is 0 Å². The number of nitrogen functional groups attached to an aromatic ring is 1. The number of hydrogen-bond acceptors (Lipinski definition) is 4. The maximum atomic E-state index is 8.80. The van der Waals surface area contributed by atoms with Crippen molar-refractivity contribution >= 4 is 11.4 Å². The van der Waals surface area contributed by atoms with Gasteiger partial charge in [0.1, 0.15) is 0 Å². The Morgan fingerprint density at radius 2 is 2.31 bits per heavy atom. The lowest BCUT2D eigenvalue weighted by Gasteiger charge is -2.18. The standard InChI is InChI=1S/C12H17N3O/c1-3-10(8-16-2)15-12-6-9(7-13)4-5-11(12)14/h4-6,10,15H,3,8,14H2,1-2H3. The molecule has 1 unspecified atom stereocenters. The monoisotopic (exact) mass is 219 g/mol. The number of ether oxygens (including phenoxy) is 1. The van der Waals surface area contributed by atoms with E-state index in [1.807, 2.05) is 0 Å².